The van der Waals surface area contributed by atoms with E-state index in [-0.39, 0.29) is 0 Å². The van der Waals surface area contributed by atoms with Crippen molar-refractivity contribution in [1.29, 1.82) is 0 Å². The Balaban J connectivity index is 2.03. The topological polar surface area (TPSA) is 12.0 Å². The van der Waals surface area contributed by atoms with E-state index in [0.717, 1.165) is 30.0 Å². The smallest absolute Gasteiger partial charge is 0.0545 e. The van der Waals surface area contributed by atoms with Gasteiger partial charge in [-0.05, 0) is 18.8 Å². The molecule has 1 N–H and O–H groups in total. The molecule has 1 nitrogen and oxygen atoms in total. The van der Waals surface area contributed by atoms with Crippen LogP contribution in [0.25, 0.3) is 0 Å². The Labute approximate surface area is 92.4 Å². The predicted octanol–water partition coefficient (Wildman–Crippen LogP) is 2.52. The number of nitrogens with one attached hydrogen (secondary N) is 1. The lowest BCUT2D eigenvalue weighted by Crippen LogP contribution is -2.33. The zero-order valence-corrected chi connectivity index (χ0v) is 9.91. The van der Waals surface area contributed by atoms with E-state index in [2.05, 4.69) is 18.2 Å². The molecule has 0 aromatic carbocycles. The molecule has 0 aromatic heterocycles. The van der Waals surface area contributed by atoms with Crippen LogP contribution >= 0.6 is 11.8 Å². The molecule has 0 amide bonds. The van der Waals surface area contributed by atoms with Crippen LogP contribution in [0.5, 0.6) is 0 Å². The Bertz CT molecular complexity index is 185. The van der Waals surface area contributed by atoms with Gasteiger partial charge >= 0.3 is 0 Å². The molecule has 2 unspecified atom stereocenters. The Morgan fingerprint density at radius 2 is 2.36 bits per heavy atom. The Kier molecular flexibility index (Phi) is 6.14. The molecule has 1 aliphatic rings. The van der Waals surface area contributed by atoms with E-state index >= 15 is 0 Å². The average Bonchev–Trinajstić information content (AvgIpc) is 2.65. The molecule has 0 saturated heterocycles. The van der Waals surface area contributed by atoms with Gasteiger partial charge in [-0.2, -0.15) is 0 Å². The van der Waals surface area contributed by atoms with Crippen molar-refractivity contribution >= 4 is 11.8 Å². The summed E-state index contributed by atoms with van der Waals surface area (Å²) in [5.41, 5.74) is 0. The second-order valence-electron chi connectivity index (χ2n) is 3.92. The molecule has 1 fully saturated rings. The molecule has 0 heterocycles. The minimum atomic E-state index is 0.784. The van der Waals surface area contributed by atoms with E-state index in [1.54, 1.807) is 0 Å². The summed E-state index contributed by atoms with van der Waals surface area (Å²) in [6.45, 7) is 3.42. The molecule has 2 atom stereocenters. The average molecular weight is 211 g/mol. The summed E-state index contributed by atoms with van der Waals surface area (Å²) in [6, 6.07) is 0.784. The summed E-state index contributed by atoms with van der Waals surface area (Å²) in [4.78, 5) is 0. The fourth-order valence-electron chi connectivity index (χ4n) is 2.24. The SMILES string of the molecule is C#CCSCCNC1CCCC1CC. The number of terminal acetylenes is 1. The normalized spacial score (nSPS) is 26.3. The maximum atomic E-state index is 5.19. The molecule has 0 aromatic rings. The molecule has 0 spiro atoms. The van der Waals surface area contributed by atoms with Crippen LogP contribution in [-0.2, 0) is 0 Å². The van der Waals surface area contributed by atoms with Gasteiger partial charge in [0.05, 0.1) is 5.75 Å². The van der Waals surface area contributed by atoms with Crippen molar-refractivity contribution in [2.75, 3.05) is 18.1 Å². The second kappa shape index (κ2) is 7.20. The van der Waals surface area contributed by atoms with Crippen LogP contribution in [-0.4, -0.2) is 24.1 Å². The van der Waals surface area contributed by atoms with E-state index in [9.17, 15) is 0 Å². The van der Waals surface area contributed by atoms with Crippen molar-refractivity contribution in [3.63, 3.8) is 0 Å². The number of hydrogen-bond acceptors (Lipinski definition) is 2. The minimum Gasteiger partial charge on any atom is -0.313 e. The lowest BCUT2D eigenvalue weighted by molar-refractivity contribution is 0.399. The summed E-state index contributed by atoms with van der Waals surface area (Å²) in [7, 11) is 0. The first kappa shape index (κ1) is 11.9. The van der Waals surface area contributed by atoms with E-state index in [1.807, 2.05) is 11.8 Å². The lowest BCUT2D eigenvalue weighted by Gasteiger charge is -2.19. The van der Waals surface area contributed by atoms with Crippen molar-refractivity contribution in [1.82, 2.24) is 5.32 Å². The Morgan fingerprint density at radius 1 is 1.50 bits per heavy atom. The van der Waals surface area contributed by atoms with Crippen LogP contribution in [0.3, 0.4) is 0 Å². The van der Waals surface area contributed by atoms with Gasteiger partial charge in [-0.25, -0.2) is 0 Å². The second-order valence-corrected chi connectivity index (χ2v) is 5.02. The van der Waals surface area contributed by atoms with Gasteiger partial charge in [0.15, 0.2) is 0 Å². The van der Waals surface area contributed by atoms with Gasteiger partial charge in [-0.1, -0.05) is 25.7 Å². The number of hydrogen-bond donors (Lipinski definition) is 1. The summed E-state index contributed by atoms with van der Waals surface area (Å²) in [5, 5.41) is 3.65. The number of thioether (sulfide) groups is 1. The Hall–Kier alpha value is -0.130. The van der Waals surface area contributed by atoms with E-state index < -0.39 is 0 Å². The third-order valence-corrected chi connectivity index (χ3v) is 3.89. The lowest BCUT2D eigenvalue weighted by atomic mass is 10.0. The highest BCUT2D eigenvalue weighted by molar-refractivity contribution is 7.99. The van der Waals surface area contributed by atoms with Crippen LogP contribution < -0.4 is 5.32 Å². The monoisotopic (exact) mass is 211 g/mol. The quantitative estimate of drug-likeness (QED) is 0.535. The van der Waals surface area contributed by atoms with E-state index in [4.69, 9.17) is 6.42 Å². The zero-order chi connectivity index (χ0) is 10.2. The van der Waals surface area contributed by atoms with Crippen molar-refractivity contribution in [3.05, 3.63) is 0 Å². The molecule has 1 aliphatic carbocycles. The van der Waals surface area contributed by atoms with Gasteiger partial charge < -0.3 is 5.32 Å². The highest BCUT2D eigenvalue weighted by atomic mass is 32.2. The van der Waals surface area contributed by atoms with Crippen LogP contribution in [0.2, 0.25) is 0 Å². The van der Waals surface area contributed by atoms with E-state index in [1.165, 1.54) is 25.7 Å². The molecular weight excluding hydrogens is 190 g/mol. The van der Waals surface area contributed by atoms with Crippen molar-refractivity contribution in [3.8, 4) is 12.3 Å². The fourth-order valence-corrected chi connectivity index (χ4v) is 2.77. The molecule has 80 valence electrons. The predicted molar refractivity (Wildman–Crippen MR) is 65.6 cm³/mol. The van der Waals surface area contributed by atoms with Crippen LogP contribution in [0.15, 0.2) is 0 Å². The largest absolute Gasteiger partial charge is 0.313 e. The first-order chi connectivity index (χ1) is 6.88. The van der Waals surface area contributed by atoms with Crippen LogP contribution in [0.4, 0.5) is 0 Å². The molecular formula is C12H21NS. The molecule has 14 heavy (non-hydrogen) atoms. The van der Waals surface area contributed by atoms with Crippen LogP contribution in [0, 0.1) is 18.3 Å². The molecule has 0 bridgehead atoms. The number of rotatable bonds is 6. The van der Waals surface area contributed by atoms with E-state index in [0.29, 0.717) is 0 Å². The van der Waals surface area contributed by atoms with Gasteiger partial charge in [0, 0.05) is 18.3 Å². The van der Waals surface area contributed by atoms with Crippen molar-refractivity contribution in [2.24, 2.45) is 5.92 Å². The zero-order valence-electron chi connectivity index (χ0n) is 9.09. The highest BCUT2D eigenvalue weighted by Gasteiger charge is 2.24. The maximum absolute atomic E-state index is 5.19. The van der Waals surface area contributed by atoms with Gasteiger partial charge in [0.2, 0.25) is 0 Å². The maximum Gasteiger partial charge on any atom is 0.0545 e. The molecule has 2 heteroatoms. The highest BCUT2D eigenvalue weighted by Crippen LogP contribution is 2.27. The minimum absolute atomic E-state index is 0.784. The van der Waals surface area contributed by atoms with Crippen LogP contribution in [0.1, 0.15) is 32.6 Å². The van der Waals surface area contributed by atoms with Gasteiger partial charge in [-0.15, -0.1) is 18.2 Å². The van der Waals surface area contributed by atoms with Crippen molar-refractivity contribution in [2.45, 2.75) is 38.6 Å². The first-order valence-corrected chi connectivity index (χ1v) is 6.78. The van der Waals surface area contributed by atoms with Gasteiger partial charge in [-0.3, -0.25) is 0 Å². The summed E-state index contributed by atoms with van der Waals surface area (Å²) in [6.07, 6.45) is 10.7. The third-order valence-electron chi connectivity index (χ3n) is 3.02. The summed E-state index contributed by atoms with van der Waals surface area (Å²) in [5.74, 6) is 5.58. The Morgan fingerprint density at radius 3 is 3.07 bits per heavy atom. The molecule has 0 aliphatic heterocycles. The van der Waals surface area contributed by atoms with Crippen molar-refractivity contribution < 1.29 is 0 Å². The molecule has 0 radical (unpaired) electrons. The standard InChI is InChI=1S/C12H21NS/c1-3-9-14-10-8-13-12-7-5-6-11(12)4-2/h1,11-13H,4-10H2,2H3. The first-order valence-electron chi connectivity index (χ1n) is 5.63. The summed E-state index contributed by atoms with van der Waals surface area (Å²) < 4.78 is 0. The summed E-state index contributed by atoms with van der Waals surface area (Å²) >= 11 is 1.85. The third kappa shape index (κ3) is 3.94. The molecule has 1 rings (SSSR count). The fraction of sp³-hybridized carbons (Fsp3) is 0.833. The van der Waals surface area contributed by atoms with Gasteiger partial charge in [0.1, 0.15) is 0 Å². The van der Waals surface area contributed by atoms with Gasteiger partial charge in [0.25, 0.3) is 0 Å². The molecule has 1 saturated carbocycles.